The highest BCUT2D eigenvalue weighted by molar-refractivity contribution is 5.38. The van der Waals surface area contributed by atoms with Gasteiger partial charge in [0.2, 0.25) is 0 Å². The van der Waals surface area contributed by atoms with Gasteiger partial charge in [-0.15, -0.1) is 0 Å². The topological polar surface area (TPSA) is 20.2 Å². The van der Waals surface area contributed by atoms with Gasteiger partial charge in [-0.05, 0) is 62.1 Å². The molecule has 1 N–H and O–H groups in total. The Morgan fingerprint density at radius 2 is 1.47 bits per heavy atom. The Labute approximate surface area is 106 Å². The van der Waals surface area contributed by atoms with Crippen molar-refractivity contribution in [3.8, 4) is 0 Å². The van der Waals surface area contributed by atoms with Crippen molar-refractivity contribution < 1.29 is 5.11 Å². The molecule has 0 bridgehead atoms. The molecule has 0 atom stereocenters. The molecule has 0 heterocycles. The summed E-state index contributed by atoms with van der Waals surface area (Å²) < 4.78 is 0. The van der Waals surface area contributed by atoms with E-state index in [-0.39, 0.29) is 12.0 Å². The van der Waals surface area contributed by atoms with E-state index in [0.717, 1.165) is 19.3 Å². The molecule has 0 spiro atoms. The van der Waals surface area contributed by atoms with Crippen LogP contribution in [0.2, 0.25) is 0 Å². The molecule has 0 aromatic heterocycles. The van der Waals surface area contributed by atoms with E-state index in [0.29, 0.717) is 0 Å². The summed E-state index contributed by atoms with van der Waals surface area (Å²) in [4.78, 5) is 0. The third-order valence-corrected chi connectivity index (χ3v) is 4.23. The maximum Gasteiger partial charge on any atom is 0.0490 e. The Balaban J connectivity index is 3.09. The van der Waals surface area contributed by atoms with Gasteiger partial charge in [-0.3, -0.25) is 0 Å². The Bertz CT molecular complexity index is 344. The van der Waals surface area contributed by atoms with Crippen molar-refractivity contribution in [2.24, 2.45) is 5.41 Å². The number of aliphatic hydroxyl groups excluding tert-OH is 1. The SMILES string of the molecule is CCC(CC)(CO)Cc1c(C)cc(C)cc1C. The van der Waals surface area contributed by atoms with Crippen molar-refractivity contribution >= 4 is 0 Å². The van der Waals surface area contributed by atoms with Gasteiger partial charge >= 0.3 is 0 Å². The molecular weight excluding hydrogens is 208 g/mol. The van der Waals surface area contributed by atoms with Crippen LogP contribution in [0.1, 0.15) is 48.9 Å². The van der Waals surface area contributed by atoms with E-state index in [1.807, 2.05) is 0 Å². The zero-order chi connectivity index (χ0) is 13.1. The van der Waals surface area contributed by atoms with Crippen LogP contribution in [0.4, 0.5) is 0 Å². The van der Waals surface area contributed by atoms with Crippen LogP contribution < -0.4 is 0 Å². The third-order valence-electron chi connectivity index (χ3n) is 4.23. The molecule has 1 heteroatoms. The first-order chi connectivity index (χ1) is 7.98. The lowest BCUT2D eigenvalue weighted by molar-refractivity contribution is 0.114. The minimum absolute atomic E-state index is 0.0603. The van der Waals surface area contributed by atoms with Crippen molar-refractivity contribution in [2.75, 3.05) is 6.61 Å². The highest BCUT2D eigenvalue weighted by Crippen LogP contribution is 2.33. The Morgan fingerprint density at radius 1 is 1.00 bits per heavy atom. The van der Waals surface area contributed by atoms with Crippen molar-refractivity contribution in [1.82, 2.24) is 0 Å². The summed E-state index contributed by atoms with van der Waals surface area (Å²) in [5.74, 6) is 0. The van der Waals surface area contributed by atoms with E-state index in [1.165, 1.54) is 22.3 Å². The van der Waals surface area contributed by atoms with Crippen LogP contribution in [0.3, 0.4) is 0 Å². The number of benzene rings is 1. The fourth-order valence-corrected chi connectivity index (χ4v) is 2.64. The van der Waals surface area contributed by atoms with Gasteiger partial charge in [-0.2, -0.15) is 0 Å². The molecule has 0 radical (unpaired) electrons. The standard InChI is InChI=1S/C16H26O/c1-6-16(7-2,11-17)10-15-13(4)8-12(3)9-14(15)5/h8-9,17H,6-7,10-11H2,1-5H3. The van der Waals surface area contributed by atoms with Gasteiger partial charge in [0, 0.05) is 6.61 Å². The van der Waals surface area contributed by atoms with E-state index >= 15 is 0 Å². The molecule has 0 unspecified atom stereocenters. The second-order valence-corrected chi connectivity index (χ2v) is 5.42. The van der Waals surface area contributed by atoms with Crippen molar-refractivity contribution in [2.45, 2.75) is 53.9 Å². The van der Waals surface area contributed by atoms with Crippen LogP contribution in [0.25, 0.3) is 0 Å². The van der Waals surface area contributed by atoms with E-state index in [1.54, 1.807) is 0 Å². The number of aryl methyl sites for hydroxylation is 3. The molecule has 0 amide bonds. The normalized spacial score (nSPS) is 11.9. The lowest BCUT2D eigenvalue weighted by atomic mass is 9.76. The van der Waals surface area contributed by atoms with Crippen LogP contribution in [0.15, 0.2) is 12.1 Å². The third kappa shape index (κ3) is 3.10. The van der Waals surface area contributed by atoms with Crippen LogP contribution in [-0.2, 0) is 6.42 Å². The fraction of sp³-hybridized carbons (Fsp3) is 0.625. The van der Waals surface area contributed by atoms with E-state index < -0.39 is 0 Å². The number of aliphatic hydroxyl groups is 1. The molecule has 0 aliphatic heterocycles. The summed E-state index contributed by atoms with van der Waals surface area (Å²) in [7, 11) is 0. The molecule has 0 aliphatic carbocycles. The first-order valence-corrected chi connectivity index (χ1v) is 6.65. The summed E-state index contributed by atoms with van der Waals surface area (Å²) in [6.07, 6.45) is 3.06. The minimum Gasteiger partial charge on any atom is -0.396 e. The lowest BCUT2D eigenvalue weighted by Gasteiger charge is -2.31. The van der Waals surface area contributed by atoms with Crippen molar-refractivity contribution in [1.29, 1.82) is 0 Å². The molecular formula is C16H26O. The first-order valence-electron chi connectivity index (χ1n) is 6.65. The molecule has 96 valence electrons. The first kappa shape index (κ1) is 14.2. The predicted molar refractivity (Wildman–Crippen MR) is 74.5 cm³/mol. The van der Waals surface area contributed by atoms with Crippen LogP contribution >= 0.6 is 0 Å². The summed E-state index contributed by atoms with van der Waals surface area (Å²) in [5.41, 5.74) is 5.54. The van der Waals surface area contributed by atoms with Gasteiger partial charge in [0.15, 0.2) is 0 Å². The zero-order valence-electron chi connectivity index (χ0n) is 11.9. The van der Waals surface area contributed by atoms with Crippen molar-refractivity contribution in [3.05, 3.63) is 34.4 Å². The molecule has 17 heavy (non-hydrogen) atoms. The highest BCUT2D eigenvalue weighted by Gasteiger charge is 2.26. The maximum absolute atomic E-state index is 9.67. The Kier molecular flexibility index (Phi) is 4.76. The molecule has 1 nitrogen and oxygen atoms in total. The average molecular weight is 234 g/mol. The smallest absolute Gasteiger partial charge is 0.0490 e. The average Bonchev–Trinajstić information content (AvgIpc) is 2.29. The summed E-state index contributed by atoms with van der Waals surface area (Å²) in [6, 6.07) is 4.49. The van der Waals surface area contributed by atoms with Gasteiger partial charge < -0.3 is 5.11 Å². The summed E-state index contributed by atoms with van der Waals surface area (Å²) in [6.45, 7) is 11.2. The van der Waals surface area contributed by atoms with Crippen molar-refractivity contribution in [3.63, 3.8) is 0 Å². The van der Waals surface area contributed by atoms with E-state index in [4.69, 9.17) is 0 Å². The van der Waals surface area contributed by atoms with Gasteiger partial charge in [-0.1, -0.05) is 31.5 Å². The quantitative estimate of drug-likeness (QED) is 0.818. The largest absolute Gasteiger partial charge is 0.396 e. The zero-order valence-corrected chi connectivity index (χ0v) is 11.9. The second kappa shape index (κ2) is 5.68. The highest BCUT2D eigenvalue weighted by atomic mass is 16.3. The van der Waals surface area contributed by atoms with Crippen LogP contribution in [0, 0.1) is 26.2 Å². The summed E-state index contributed by atoms with van der Waals surface area (Å²) >= 11 is 0. The number of rotatable bonds is 5. The lowest BCUT2D eigenvalue weighted by Crippen LogP contribution is -2.27. The molecule has 1 rings (SSSR count). The summed E-state index contributed by atoms with van der Waals surface area (Å²) in [5, 5.41) is 9.67. The number of hydrogen-bond donors (Lipinski definition) is 1. The number of hydrogen-bond acceptors (Lipinski definition) is 1. The maximum atomic E-state index is 9.67. The molecule has 1 aromatic rings. The minimum atomic E-state index is 0.0603. The molecule has 0 fully saturated rings. The van der Waals surface area contributed by atoms with E-state index in [9.17, 15) is 5.11 Å². The van der Waals surface area contributed by atoms with Gasteiger partial charge in [0.05, 0.1) is 0 Å². The predicted octanol–water partition coefficient (Wildman–Crippen LogP) is 3.95. The van der Waals surface area contributed by atoms with Crippen LogP contribution in [-0.4, -0.2) is 11.7 Å². The van der Waals surface area contributed by atoms with Gasteiger partial charge in [-0.25, -0.2) is 0 Å². The Hall–Kier alpha value is -0.820. The van der Waals surface area contributed by atoms with Gasteiger partial charge in [0.1, 0.15) is 0 Å². The second-order valence-electron chi connectivity index (χ2n) is 5.42. The monoisotopic (exact) mass is 234 g/mol. The van der Waals surface area contributed by atoms with E-state index in [2.05, 4.69) is 46.8 Å². The molecule has 0 saturated carbocycles. The fourth-order valence-electron chi connectivity index (χ4n) is 2.64. The molecule has 0 aliphatic rings. The van der Waals surface area contributed by atoms with Gasteiger partial charge in [0.25, 0.3) is 0 Å². The van der Waals surface area contributed by atoms with Crippen LogP contribution in [0.5, 0.6) is 0 Å². The molecule has 1 aromatic carbocycles. The Morgan fingerprint density at radius 3 is 1.82 bits per heavy atom. The molecule has 0 saturated heterocycles.